The minimum Gasteiger partial charge on any atom is -0.392 e. The van der Waals surface area contributed by atoms with E-state index in [0.29, 0.717) is 11.6 Å². The molecule has 0 fully saturated rings. The molecule has 2 N–H and O–H groups in total. The third kappa shape index (κ3) is 2.66. The average molecular weight is 266 g/mol. The van der Waals surface area contributed by atoms with Gasteiger partial charge in [0.15, 0.2) is 0 Å². The standard InChI is InChI=1S/C13H16ClN3O/c1-9-11(7-16-17(9)2)6-15-13-5-10(8-18)3-4-12(13)14/h3-5,7,15,18H,6,8H2,1-2H3. The number of hydrogen-bond donors (Lipinski definition) is 2. The number of aliphatic hydroxyl groups excluding tert-OH is 1. The lowest BCUT2D eigenvalue weighted by molar-refractivity contribution is 0.282. The van der Waals surface area contributed by atoms with Crippen LogP contribution in [-0.2, 0) is 20.2 Å². The van der Waals surface area contributed by atoms with Gasteiger partial charge < -0.3 is 10.4 Å². The van der Waals surface area contributed by atoms with Crippen LogP contribution in [-0.4, -0.2) is 14.9 Å². The molecule has 5 heteroatoms. The van der Waals surface area contributed by atoms with Gasteiger partial charge in [0.05, 0.1) is 23.5 Å². The van der Waals surface area contributed by atoms with E-state index >= 15 is 0 Å². The molecule has 0 unspecified atom stereocenters. The number of anilines is 1. The van der Waals surface area contributed by atoms with E-state index in [1.807, 2.05) is 37.0 Å². The van der Waals surface area contributed by atoms with E-state index in [1.54, 1.807) is 6.07 Å². The van der Waals surface area contributed by atoms with Crippen LogP contribution in [0.2, 0.25) is 5.02 Å². The summed E-state index contributed by atoms with van der Waals surface area (Å²) in [6.45, 7) is 2.70. The van der Waals surface area contributed by atoms with Crippen LogP contribution in [0.3, 0.4) is 0 Å². The Hall–Kier alpha value is -1.52. The van der Waals surface area contributed by atoms with Gasteiger partial charge in [0, 0.05) is 24.8 Å². The molecule has 0 aliphatic carbocycles. The van der Waals surface area contributed by atoms with Crippen LogP contribution in [0.25, 0.3) is 0 Å². The van der Waals surface area contributed by atoms with Crippen LogP contribution in [0.4, 0.5) is 5.69 Å². The number of hydrogen-bond acceptors (Lipinski definition) is 3. The van der Waals surface area contributed by atoms with Gasteiger partial charge in [-0.2, -0.15) is 5.10 Å². The Labute approximate surface area is 111 Å². The van der Waals surface area contributed by atoms with Crippen molar-refractivity contribution in [2.24, 2.45) is 7.05 Å². The SMILES string of the molecule is Cc1c(CNc2cc(CO)ccc2Cl)cnn1C. The Bertz CT molecular complexity index is 551. The molecule has 2 rings (SSSR count). The van der Waals surface area contributed by atoms with Gasteiger partial charge in [-0.05, 0) is 24.6 Å². The molecule has 4 nitrogen and oxygen atoms in total. The number of aliphatic hydroxyl groups is 1. The number of halogens is 1. The topological polar surface area (TPSA) is 50.1 Å². The minimum atomic E-state index is 0.0117. The van der Waals surface area contributed by atoms with Crippen molar-refractivity contribution in [2.45, 2.75) is 20.1 Å². The molecule has 1 aromatic carbocycles. The number of benzene rings is 1. The highest BCUT2D eigenvalue weighted by Crippen LogP contribution is 2.24. The van der Waals surface area contributed by atoms with Gasteiger partial charge in [0.25, 0.3) is 0 Å². The Kier molecular flexibility index (Phi) is 3.89. The van der Waals surface area contributed by atoms with Crippen LogP contribution < -0.4 is 5.32 Å². The van der Waals surface area contributed by atoms with E-state index < -0.39 is 0 Å². The van der Waals surface area contributed by atoms with Gasteiger partial charge in [-0.3, -0.25) is 4.68 Å². The molecule has 0 amide bonds. The van der Waals surface area contributed by atoms with Crippen molar-refractivity contribution in [1.29, 1.82) is 0 Å². The van der Waals surface area contributed by atoms with Crippen molar-refractivity contribution in [2.75, 3.05) is 5.32 Å². The van der Waals surface area contributed by atoms with Crippen LogP contribution in [0, 0.1) is 6.92 Å². The van der Waals surface area contributed by atoms with Gasteiger partial charge in [-0.15, -0.1) is 0 Å². The zero-order valence-corrected chi connectivity index (χ0v) is 11.2. The first-order valence-electron chi connectivity index (χ1n) is 5.72. The molecule has 0 bridgehead atoms. The lowest BCUT2D eigenvalue weighted by Gasteiger charge is -2.09. The second-order valence-electron chi connectivity index (χ2n) is 4.20. The second-order valence-corrected chi connectivity index (χ2v) is 4.61. The lowest BCUT2D eigenvalue weighted by atomic mass is 10.2. The molecule has 0 saturated heterocycles. The maximum absolute atomic E-state index is 9.10. The quantitative estimate of drug-likeness (QED) is 0.893. The summed E-state index contributed by atoms with van der Waals surface area (Å²) in [7, 11) is 1.91. The predicted molar refractivity (Wildman–Crippen MR) is 72.6 cm³/mol. The maximum Gasteiger partial charge on any atom is 0.0682 e. The van der Waals surface area contributed by atoms with Gasteiger partial charge in [-0.25, -0.2) is 0 Å². The number of nitrogens with zero attached hydrogens (tertiary/aromatic N) is 2. The summed E-state index contributed by atoms with van der Waals surface area (Å²) in [6, 6.07) is 5.45. The lowest BCUT2D eigenvalue weighted by Crippen LogP contribution is -2.02. The molecule has 2 aromatic rings. The molecule has 18 heavy (non-hydrogen) atoms. The highest BCUT2D eigenvalue weighted by atomic mass is 35.5. The van der Waals surface area contributed by atoms with Crippen LogP contribution in [0.5, 0.6) is 0 Å². The average Bonchev–Trinajstić information content (AvgIpc) is 2.69. The molecule has 0 radical (unpaired) electrons. The number of aryl methyl sites for hydroxylation is 1. The second kappa shape index (κ2) is 5.42. The van der Waals surface area contributed by atoms with Crippen molar-refractivity contribution in [1.82, 2.24) is 9.78 Å². The van der Waals surface area contributed by atoms with E-state index in [2.05, 4.69) is 10.4 Å². The van der Waals surface area contributed by atoms with E-state index in [1.165, 1.54) is 0 Å². The smallest absolute Gasteiger partial charge is 0.0682 e. The van der Waals surface area contributed by atoms with Crippen molar-refractivity contribution >= 4 is 17.3 Å². The molecule has 0 aliphatic heterocycles. The minimum absolute atomic E-state index is 0.0117. The fraction of sp³-hybridized carbons (Fsp3) is 0.308. The predicted octanol–water partition coefficient (Wildman–Crippen LogP) is 2.49. The Morgan fingerprint density at radius 2 is 2.22 bits per heavy atom. The van der Waals surface area contributed by atoms with Gasteiger partial charge >= 0.3 is 0 Å². The third-order valence-corrected chi connectivity index (χ3v) is 3.35. The molecular weight excluding hydrogens is 250 g/mol. The third-order valence-electron chi connectivity index (χ3n) is 3.02. The van der Waals surface area contributed by atoms with Crippen LogP contribution in [0.15, 0.2) is 24.4 Å². The van der Waals surface area contributed by atoms with E-state index in [0.717, 1.165) is 22.5 Å². The summed E-state index contributed by atoms with van der Waals surface area (Å²) in [5.74, 6) is 0. The summed E-state index contributed by atoms with van der Waals surface area (Å²) in [4.78, 5) is 0. The van der Waals surface area contributed by atoms with E-state index in [4.69, 9.17) is 16.7 Å². The van der Waals surface area contributed by atoms with Gasteiger partial charge in [0.2, 0.25) is 0 Å². The molecule has 0 spiro atoms. The molecule has 1 heterocycles. The zero-order valence-electron chi connectivity index (χ0n) is 10.4. The van der Waals surface area contributed by atoms with Crippen LogP contribution in [0.1, 0.15) is 16.8 Å². The van der Waals surface area contributed by atoms with Crippen molar-refractivity contribution < 1.29 is 5.11 Å². The van der Waals surface area contributed by atoms with Crippen molar-refractivity contribution in [3.63, 3.8) is 0 Å². The monoisotopic (exact) mass is 265 g/mol. The molecule has 96 valence electrons. The summed E-state index contributed by atoms with van der Waals surface area (Å²) in [5, 5.41) is 17.2. The number of rotatable bonds is 4. The zero-order chi connectivity index (χ0) is 13.1. The fourth-order valence-corrected chi connectivity index (χ4v) is 1.90. The maximum atomic E-state index is 9.10. The van der Waals surface area contributed by atoms with Crippen LogP contribution >= 0.6 is 11.6 Å². The first kappa shape index (κ1) is 12.9. The molecular formula is C13H16ClN3O. The van der Waals surface area contributed by atoms with Gasteiger partial charge in [-0.1, -0.05) is 17.7 Å². The Morgan fingerprint density at radius 3 is 2.83 bits per heavy atom. The normalized spacial score (nSPS) is 10.7. The highest BCUT2D eigenvalue weighted by Gasteiger charge is 2.05. The Morgan fingerprint density at radius 1 is 1.44 bits per heavy atom. The van der Waals surface area contributed by atoms with Crippen molar-refractivity contribution in [3.8, 4) is 0 Å². The summed E-state index contributed by atoms with van der Waals surface area (Å²) in [5.41, 5.74) is 3.91. The molecule has 0 atom stereocenters. The van der Waals surface area contributed by atoms with Gasteiger partial charge in [0.1, 0.15) is 0 Å². The van der Waals surface area contributed by atoms with E-state index in [9.17, 15) is 0 Å². The first-order valence-corrected chi connectivity index (χ1v) is 6.10. The van der Waals surface area contributed by atoms with E-state index in [-0.39, 0.29) is 6.61 Å². The number of nitrogens with one attached hydrogen (secondary N) is 1. The molecule has 0 saturated carbocycles. The highest BCUT2D eigenvalue weighted by molar-refractivity contribution is 6.33. The summed E-state index contributed by atoms with van der Waals surface area (Å²) < 4.78 is 1.84. The Balaban J connectivity index is 2.12. The molecule has 0 aliphatic rings. The first-order chi connectivity index (χ1) is 8.61. The van der Waals surface area contributed by atoms with Crippen molar-refractivity contribution in [3.05, 3.63) is 46.2 Å². The summed E-state index contributed by atoms with van der Waals surface area (Å²) in [6.07, 6.45) is 1.84. The fourth-order valence-electron chi connectivity index (χ4n) is 1.71. The molecule has 1 aromatic heterocycles. The number of aromatic nitrogens is 2. The summed E-state index contributed by atoms with van der Waals surface area (Å²) >= 11 is 6.10. The largest absolute Gasteiger partial charge is 0.392 e.